The van der Waals surface area contributed by atoms with E-state index in [1.54, 1.807) is 6.92 Å². The lowest BCUT2D eigenvalue weighted by atomic mass is 9.80. The summed E-state index contributed by atoms with van der Waals surface area (Å²) < 4.78 is 4.94. The largest absolute Gasteiger partial charge is 0.466 e. The van der Waals surface area contributed by atoms with Gasteiger partial charge >= 0.3 is 5.97 Å². The predicted molar refractivity (Wildman–Crippen MR) is 146 cm³/mol. The van der Waals surface area contributed by atoms with Crippen LogP contribution in [0, 0.1) is 0 Å². The number of hydrogen-bond acceptors (Lipinski definition) is 4. The second kappa shape index (κ2) is 11.6. The molecule has 36 heavy (non-hydrogen) atoms. The molecule has 0 saturated carbocycles. The van der Waals surface area contributed by atoms with E-state index in [4.69, 9.17) is 4.74 Å². The average Bonchev–Trinajstić information content (AvgIpc) is 3.25. The topological polar surface area (TPSA) is 67.4 Å². The molecule has 0 bridgehead atoms. The van der Waals surface area contributed by atoms with Gasteiger partial charge in [0, 0.05) is 31.0 Å². The van der Waals surface area contributed by atoms with Crippen molar-refractivity contribution in [1.29, 1.82) is 0 Å². The van der Waals surface area contributed by atoms with Crippen LogP contribution in [0.15, 0.2) is 48.5 Å². The number of carbonyl (C=O) groups excluding carboxylic acids is 2. The second-order valence-corrected chi connectivity index (χ2v) is 12.0. The Kier molecular flexibility index (Phi) is 8.99. The van der Waals surface area contributed by atoms with Crippen molar-refractivity contribution in [3.8, 4) is 0 Å². The van der Waals surface area contributed by atoms with Crippen LogP contribution in [0.5, 0.6) is 0 Å². The first kappa shape index (κ1) is 27.9. The molecule has 2 N–H and O–H groups in total. The van der Waals surface area contributed by atoms with Crippen LogP contribution in [0.1, 0.15) is 95.9 Å². The zero-order chi connectivity index (χ0) is 26.5. The molecule has 0 spiro atoms. The van der Waals surface area contributed by atoms with Crippen LogP contribution in [0.4, 0.5) is 0 Å². The van der Waals surface area contributed by atoms with Gasteiger partial charge < -0.3 is 15.4 Å². The summed E-state index contributed by atoms with van der Waals surface area (Å²) in [6.45, 7) is 16.2. The van der Waals surface area contributed by atoms with Crippen LogP contribution in [0.25, 0.3) is 0 Å². The number of amides is 1. The molecule has 1 aliphatic rings. The Balaban J connectivity index is 1.78. The van der Waals surface area contributed by atoms with Gasteiger partial charge in [-0.2, -0.15) is 0 Å². The molecule has 1 fully saturated rings. The number of carbonyl (C=O) groups is 2. The molecule has 3 rings (SSSR count). The molecule has 5 nitrogen and oxygen atoms in total. The molecule has 2 atom stereocenters. The van der Waals surface area contributed by atoms with E-state index in [1.807, 2.05) is 0 Å². The van der Waals surface area contributed by atoms with E-state index in [-0.39, 0.29) is 53.5 Å². The molecule has 5 heteroatoms. The molecular weight excluding hydrogens is 448 g/mol. The molecule has 0 radical (unpaired) electrons. The van der Waals surface area contributed by atoms with E-state index in [0.29, 0.717) is 13.2 Å². The van der Waals surface area contributed by atoms with Crippen molar-refractivity contribution in [2.75, 3.05) is 13.2 Å². The number of nitrogens with one attached hydrogen (secondary N) is 2. The lowest BCUT2D eigenvalue weighted by molar-refractivity contribution is -0.144. The van der Waals surface area contributed by atoms with E-state index >= 15 is 0 Å². The van der Waals surface area contributed by atoms with E-state index < -0.39 is 0 Å². The first-order valence-electron chi connectivity index (χ1n) is 13.3. The van der Waals surface area contributed by atoms with Gasteiger partial charge in [-0.1, -0.05) is 90.1 Å². The lowest BCUT2D eigenvalue weighted by Gasteiger charge is -2.27. The number of rotatable bonds is 8. The normalized spacial score (nSPS) is 18.3. The standard InChI is InChI=1S/C31H44N2O3/c1-8-36-28(35)18-17-27(34)33-25-19-26(32-20-25)29(21-9-13-23(14-10-21)30(2,3)4)22-11-15-24(16-12-22)31(5,6)7/h9-16,25-26,29,32H,8,17-20H2,1-7H3,(H,33,34)/t25-,26-/m1/s1. The van der Waals surface area contributed by atoms with Crippen molar-refractivity contribution in [1.82, 2.24) is 10.6 Å². The van der Waals surface area contributed by atoms with Crippen molar-refractivity contribution in [2.45, 2.75) is 96.6 Å². The molecule has 2 aromatic carbocycles. The van der Waals surface area contributed by atoms with Gasteiger partial charge in [-0.15, -0.1) is 0 Å². The summed E-state index contributed by atoms with van der Waals surface area (Å²) in [6, 6.07) is 18.3. The van der Waals surface area contributed by atoms with Gasteiger partial charge in [0.05, 0.1) is 13.0 Å². The fourth-order valence-electron chi connectivity index (χ4n) is 4.92. The third-order valence-electron chi connectivity index (χ3n) is 7.07. The van der Waals surface area contributed by atoms with E-state index in [1.165, 1.54) is 22.3 Å². The molecule has 1 amide bonds. The summed E-state index contributed by atoms with van der Waals surface area (Å²) in [5.41, 5.74) is 5.40. The zero-order valence-electron chi connectivity index (χ0n) is 23.1. The highest BCUT2D eigenvalue weighted by Gasteiger charge is 2.33. The Hall–Kier alpha value is -2.66. The van der Waals surface area contributed by atoms with Crippen molar-refractivity contribution in [2.24, 2.45) is 0 Å². The van der Waals surface area contributed by atoms with Crippen LogP contribution in [0.2, 0.25) is 0 Å². The molecule has 1 heterocycles. The molecule has 2 aromatic rings. The van der Waals surface area contributed by atoms with Gasteiger partial charge in [-0.25, -0.2) is 0 Å². The van der Waals surface area contributed by atoms with Crippen molar-refractivity contribution in [3.63, 3.8) is 0 Å². The third kappa shape index (κ3) is 7.42. The third-order valence-corrected chi connectivity index (χ3v) is 7.07. The predicted octanol–water partition coefficient (Wildman–Crippen LogP) is 5.60. The van der Waals surface area contributed by atoms with E-state index in [2.05, 4.69) is 101 Å². The summed E-state index contributed by atoms with van der Waals surface area (Å²) in [5.74, 6) is -0.252. The number of ether oxygens (including phenoxy) is 1. The minimum Gasteiger partial charge on any atom is -0.466 e. The van der Waals surface area contributed by atoms with Gasteiger partial charge in [-0.05, 0) is 46.4 Å². The van der Waals surface area contributed by atoms with Crippen molar-refractivity contribution in [3.05, 3.63) is 70.8 Å². The van der Waals surface area contributed by atoms with Gasteiger partial charge in [0.2, 0.25) is 5.91 Å². The first-order chi connectivity index (χ1) is 16.9. The zero-order valence-corrected chi connectivity index (χ0v) is 23.1. The fourth-order valence-corrected chi connectivity index (χ4v) is 4.92. The lowest BCUT2D eigenvalue weighted by Crippen LogP contribution is -2.36. The van der Waals surface area contributed by atoms with Crippen molar-refractivity contribution < 1.29 is 14.3 Å². The Bertz CT molecular complexity index is 956. The number of benzene rings is 2. The minimum atomic E-state index is -0.326. The Morgan fingerprint density at radius 3 is 1.83 bits per heavy atom. The monoisotopic (exact) mass is 492 g/mol. The Morgan fingerprint density at radius 2 is 1.39 bits per heavy atom. The molecule has 1 aliphatic heterocycles. The Morgan fingerprint density at radius 1 is 0.889 bits per heavy atom. The van der Waals surface area contributed by atoms with Crippen LogP contribution in [-0.4, -0.2) is 37.1 Å². The number of hydrogen-bond donors (Lipinski definition) is 2. The second-order valence-electron chi connectivity index (χ2n) is 12.0. The summed E-state index contributed by atoms with van der Waals surface area (Å²) in [5, 5.41) is 6.79. The SMILES string of the molecule is CCOC(=O)CCC(=O)N[C@H]1CN[C@@H](C(c2ccc(C(C)(C)C)cc2)c2ccc(C(C)(C)C)cc2)C1. The maximum atomic E-state index is 12.4. The Labute approximate surface area is 217 Å². The van der Waals surface area contributed by atoms with Crippen LogP contribution >= 0.6 is 0 Å². The van der Waals surface area contributed by atoms with E-state index in [9.17, 15) is 9.59 Å². The van der Waals surface area contributed by atoms with Gasteiger partial charge in [0.25, 0.3) is 0 Å². The molecule has 0 unspecified atom stereocenters. The maximum Gasteiger partial charge on any atom is 0.306 e. The van der Waals surface area contributed by atoms with Gasteiger partial charge in [0.15, 0.2) is 0 Å². The van der Waals surface area contributed by atoms with Crippen LogP contribution in [0.3, 0.4) is 0 Å². The van der Waals surface area contributed by atoms with Gasteiger partial charge in [0.1, 0.15) is 0 Å². The molecular formula is C31H44N2O3. The average molecular weight is 493 g/mol. The smallest absolute Gasteiger partial charge is 0.306 e. The molecule has 196 valence electrons. The quantitative estimate of drug-likeness (QED) is 0.471. The first-order valence-corrected chi connectivity index (χ1v) is 13.3. The van der Waals surface area contributed by atoms with Gasteiger partial charge in [-0.3, -0.25) is 9.59 Å². The summed E-state index contributed by atoms with van der Waals surface area (Å²) in [7, 11) is 0. The summed E-state index contributed by atoms with van der Waals surface area (Å²) in [6.07, 6.45) is 1.11. The highest BCUT2D eigenvalue weighted by Crippen LogP contribution is 2.35. The number of esters is 1. The van der Waals surface area contributed by atoms with Crippen LogP contribution < -0.4 is 10.6 Å². The van der Waals surface area contributed by atoms with Crippen LogP contribution in [-0.2, 0) is 25.2 Å². The maximum absolute atomic E-state index is 12.4. The van der Waals surface area contributed by atoms with Crippen molar-refractivity contribution >= 4 is 11.9 Å². The summed E-state index contributed by atoms with van der Waals surface area (Å²) >= 11 is 0. The molecule has 1 saturated heterocycles. The summed E-state index contributed by atoms with van der Waals surface area (Å²) in [4.78, 5) is 24.0. The highest BCUT2D eigenvalue weighted by molar-refractivity contribution is 5.81. The highest BCUT2D eigenvalue weighted by atomic mass is 16.5. The molecule has 0 aliphatic carbocycles. The molecule has 0 aromatic heterocycles. The fraction of sp³-hybridized carbons (Fsp3) is 0.548. The van der Waals surface area contributed by atoms with E-state index in [0.717, 1.165) is 6.42 Å². The minimum absolute atomic E-state index is 0.0369.